The Kier molecular flexibility index (Phi) is 4.37. The molecule has 0 unspecified atom stereocenters. The first-order chi connectivity index (χ1) is 7.79. The zero-order chi connectivity index (χ0) is 11.4. The number of morpholine rings is 1. The van der Waals surface area contributed by atoms with Crippen LogP contribution in [0.4, 0.5) is 5.82 Å². The Hall–Kier alpha value is -0.390. The second-order valence-corrected chi connectivity index (χ2v) is 4.68. The predicted molar refractivity (Wildman–Crippen MR) is 67.6 cm³/mol. The summed E-state index contributed by atoms with van der Waals surface area (Å²) in [5.74, 6) is 1.69. The molecule has 1 saturated heterocycles. The van der Waals surface area contributed by atoms with Gasteiger partial charge in [-0.25, -0.2) is 9.97 Å². The summed E-state index contributed by atoms with van der Waals surface area (Å²) in [4.78, 5) is 10.9. The van der Waals surface area contributed by atoms with E-state index in [2.05, 4.69) is 30.8 Å². The van der Waals surface area contributed by atoms with Gasteiger partial charge in [0, 0.05) is 30.9 Å². The van der Waals surface area contributed by atoms with Gasteiger partial charge < -0.3 is 9.64 Å². The summed E-state index contributed by atoms with van der Waals surface area (Å²) in [6, 6.07) is 1.81. The maximum absolute atomic E-state index is 5.98. The summed E-state index contributed by atoms with van der Waals surface area (Å²) in [5, 5.41) is 1.35. The minimum absolute atomic E-state index is 0.507. The van der Waals surface area contributed by atoms with Gasteiger partial charge in [0.05, 0.1) is 13.2 Å². The fourth-order valence-electron chi connectivity index (χ4n) is 1.60. The largest absolute Gasteiger partial charge is 0.378 e. The molecular formula is C10H13BrClN3O. The Balaban J connectivity index is 2.18. The molecule has 16 heavy (non-hydrogen) atoms. The second-order valence-electron chi connectivity index (χ2n) is 3.50. The van der Waals surface area contributed by atoms with Crippen LogP contribution in [0.2, 0.25) is 5.15 Å². The van der Waals surface area contributed by atoms with Crippen molar-refractivity contribution in [3.05, 3.63) is 17.0 Å². The van der Waals surface area contributed by atoms with Crippen molar-refractivity contribution in [3.8, 4) is 0 Å². The van der Waals surface area contributed by atoms with Crippen LogP contribution in [0.5, 0.6) is 0 Å². The van der Waals surface area contributed by atoms with Crippen molar-refractivity contribution in [1.82, 2.24) is 9.97 Å². The van der Waals surface area contributed by atoms with E-state index < -0.39 is 0 Å². The van der Waals surface area contributed by atoms with E-state index in [4.69, 9.17) is 16.3 Å². The Bertz CT molecular complexity index is 358. The standard InChI is InChI=1S/C10H13BrClN3O/c11-2-1-9-13-8(12)7-10(14-9)15-3-5-16-6-4-15/h7H,1-6H2. The third-order valence-corrected chi connectivity index (χ3v) is 2.97. The molecule has 0 bridgehead atoms. The number of nitrogens with zero attached hydrogens (tertiary/aromatic N) is 3. The van der Waals surface area contributed by atoms with E-state index >= 15 is 0 Å². The van der Waals surface area contributed by atoms with Crippen LogP contribution in [0, 0.1) is 0 Å². The van der Waals surface area contributed by atoms with Crippen molar-refractivity contribution in [2.75, 3.05) is 36.5 Å². The van der Waals surface area contributed by atoms with E-state index in [1.54, 1.807) is 0 Å². The molecule has 0 atom stereocenters. The van der Waals surface area contributed by atoms with Crippen LogP contribution in [0.15, 0.2) is 6.07 Å². The fraction of sp³-hybridized carbons (Fsp3) is 0.600. The fourth-order valence-corrected chi connectivity index (χ4v) is 2.15. The average Bonchev–Trinajstić information content (AvgIpc) is 2.30. The van der Waals surface area contributed by atoms with E-state index in [-0.39, 0.29) is 0 Å². The summed E-state index contributed by atoms with van der Waals surface area (Å²) in [5.41, 5.74) is 0. The van der Waals surface area contributed by atoms with Gasteiger partial charge in [-0.15, -0.1) is 0 Å². The molecule has 1 aromatic rings. The lowest BCUT2D eigenvalue weighted by molar-refractivity contribution is 0.122. The quantitative estimate of drug-likeness (QED) is 0.631. The van der Waals surface area contributed by atoms with Crippen LogP contribution in [0.25, 0.3) is 0 Å². The van der Waals surface area contributed by atoms with Crippen LogP contribution < -0.4 is 4.90 Å². The molecule has 1 aliphatic rings. The third-order valence-electron chi connectivity index (χ3n) is 2.38. The Labute approximate surface area is 108 Å². The van der Waals surface area contributed by atoms with Crippen LogP contribution in [-0.2, 0) is 11.2 Å². The van der Waals surface area contributed by atoms with E-state index in [0.717, 1.165) is 49.7 Å². The highest BCUT2D eigenvalue weighted by molar-refractivity contribution is 9.09. The lowest BCUT2D eigenvalue weighted by atomic mass is 10.4. The smallest absolute Gasteiger partial charge is 0.134 e. The predicted octanol–water partition coefficient (Wildman–Crippen LogP) is 1.90. The van der Waals surface area contributed by atoms with Crippen LogP contribution in [-0.4, -0.2) is 41.6 Å². The van der Waals surface area contributed by atoms with Crippen molar-refractivity contribution in [1.29, 1.82) is 0 Å². The lowest BCUT2D eigenvalue weighted by Crippen LogP contribution is -2.37. The summed E-state index contributed by atoms with van der Waals surface area (Å²) >= 11 is 9.36. The van der Waals surface area contributed by atoms with E-state index in [0.29, 0.717) is 5.15 Å². The minimum atomic E-state index is 0.507. The van der Waals surface area contributed by atoms with Crippen molar-refractivity contribution in [3.63, 3.8) is 0 Å². The molecule has 2 heterocycles. The Morgan fingerprint density at radius 3 is 2.81 bits per heavy atom. The molecule has 1 aliphatic heterocycles. The highest BCUT2D eigenvalue weighted by Crippen LogP contribution is 2.17. The molecular weight excluding hydrogens is 293 g/mol. The Morgan fingerprint density at radius 1 is 1.38 bits per heavy atom. The molecule has 4 nitrogen and oxygen atoms in total. The number of rotatable bonds is 3. The second kappa shape index (κ2) is 5.80. The van der Waals surface area contributed by atoms with Crippen LogP contribution in [0.3, 0.4) is 0 Å². The number of hydrogen-bond acceptors (Lipinski definition) is 4. The molecule has 2 rings (SSSR count). The zero-order valence-electron chi connectivity index (χ0n) is 8.83. The van der Waals surface area contributed by atoms with Crippen molar-refractivity contribution in [2.24, 2.45) is 0 Å². The first-order valence-corrected chi connectivity index (χ1v) is 6.71. The summed E-state index contributed by atoms with van der Waals surface area (Å²) in [7, 11) is 0. The minimum Gasteiger partial charge on any atom is -0.378 e. The van der Waals surface area contributed by atoms with Crippen molar-refractivity contribution in [2.45, 2.75) is 6.42 Å². The van der Waals surface area contributed by atoms with Gasteiger partial charge in [0.1, 0.15) is 16.8 Å². The first-order valence-electron chi connectivity index (χ1n) is 5.21. The molecule has 0 aliphatic carbocycles. The van der Waals surface area contributed by atoms with Gasteiger partial charge >= 0.3 is 0 Å². The molecule has 0 spiro atoms. The number of hydrogen-bond donors (Lipinski definition) is 0. The van der Waals surface area contributed by atoms with Crippen LogP contribution in [0.1, 0.15) is 5.82 Å². The molecule has 1 fully saturated rings. The zero-order valence-corrected chi connectivity index (χ0v) is 11.2. The van der Waals surface area contributed by atoms with Gasteiger partial charge in [-0.3, -0.25) is 0 Å². The Morgan fingerprint density at radius 2 is 2.12 bits per heavy atom. The third kappa shape index (κ3) is 3.06. The van der Waals surface area contributed by atoms with Crippen LogP contribution >= 0.6 is 27.5 Å². The van der Waals surface area contributed by atoms with Crippen molar-refractivity contribution < 1.29 is 4.74 Å². The highest BCUT2D eigenvalue weighted by atomic mass is 79.9. The number of ether oxygens (including phenoxy) is 1. The number of anilines is 1. The average molecular weight is 307 g/mol. The maximum atomic E-state index is 5.98. The summed E-state index contributed by atoms with van der Waals surface area (Å²) in [6.45, 7) is 3.22. The van der Waals surface area contributed by atoms with Gasteiger partial charge in [0.2, 0.25) is 0 Å². The van der Waals surface area contributed by atoms with Gasteiger partial charge in [0.15, 0.2) is 0 Å². The highest BCUT2D eigenvalue weighted by Gasteiger charge is 2.14. The normalized spacial score (nSPS) is 16.5. The van der Waals surface area contributed by atoms with E-state index in [1.807, 2.05) is 6.07 Å². The van der Waals surface area contributed by atoms with E-state index in [9.17, 15) is 0 Å². The first kappa shape index (κ1) is 12.1. The van der Waals surface area contributed by atoms with Gasteiger partial charge in [-0.05, 0) is 0 Å². The summed E-state index contributed by atoms with van der Waals surface area (Å²) in [6.07, 6.45) is 0.790. The molecule has 0 radical (unpaired) electrons. The SMILES string of the molecule is Clc1cc(N2CCOCC2)nc(CCBr)n1. The maximum Gasteiger partial charge on any atom is 0.134 e. The van der Waals surface area contributed by atoms with E-state index in [1.165, 1.54) is 0 Å². The molecule has 0 amide bonds. The number of aromatic nitrogens is 2. The molecule has 0 aromatic carbocycles. The number of halogens is 2. The topological polar surface area (TPSA) is 38.2 Å². The molecule has 1 aromatic heterocycles. The molecule has 0 saturated carbocycles. The van der Waals surface area contributed by atoms with Gasteiger partial charge in [-0.2, -0.15) is 0 Å². The monoisotopic (exact) mass is 305 g/mol. The van der Waals surface area contributed by atoms with Crippen molar-refractivity contribution >= 4 is 33.3 Å². The molecule has 88 valence electrons. The number of aryl methyl sites for hydroxylation is 1. The molecule has 6 heteroatoms. The lowest BCUT2D eigenvalue weighted by Gasteiger charge is -2.28. The number of alkyl halides is 1. The summed E-state index contributed by atoms with van der Waals surface area (Å²) < 4.78 is 5.30. The van der Waals surface area contributed by atoms with Gasteiger partial charge in [0.25, 0.3) is 0 Å². The molecule has 0 N–H and O–H groups in total. The van der Waals surface area contributed by atoms with Gasteiger partial charge in [-0.1, -0.05) is 27.5 Å².